The average Bonchev–Trinajstić information content (AvgIpc) is 2.37. The number of rotatable bonds is 5. The zero-order chi connectivity index (χ0) is 16.0. The highest BCUT2D eigenvalue weighted by atomic mass is 16.4. The van der Waals surface area contributed by atoms with Gasteiger partial charge in [-0.3, -0.25) is 4.79 Å². The number of amides is 2. The molecule has 2 amide bonds. The maximum Gasteiger partial charge on any atom is 0.315 e. The minimum absolute atomic E-state index is 0.0608. The summed E-state index contributed by atoms with van der Waals surface area (Å²) < 4.78 is 0. The third kappa shape index (κ3) is 6.36. The highest BCUT2D eigenvalue weighted by Crippen LogP contribution is 2.26. The molecule has 0 spiro atoms. The maximum atomic E-state index is 12.1. The smallest absolute Gasteiger partial charge is 0.315 e. The minimum atomic E-state index is -0.893. The SMILES string of the molecule is CC(NC(=O)NC(CC(=O)O)C(C)(C)C)C1CCCCC1. The molecule has 21 heavy (non-hydrogen) atoms. The Bertz CT molecular complexity index is 357. The van der Waals surface area contributed by atoms with E-state index in [1.54, 1.807) is 0 Å². The van der Waals surface area contributed by atoms with Gasteiger partial charge in [0.05, 0.1) is 6.42 Å². The van der Waals surface area contributed by atoms with Crippen molar-refractivity contribution in [3.63, 3.8) is 0 Å². The normalized spacial score (nSPS) is 19.6. The van der Waals surface area contributed by atoms with Crippen LogP contribution in [0, 0.1) is 11.3 Å². The predicted octanol–water partition coefficient (Wildman–Crippen LogP) is 3.14. The molecule has 1 saturated carbocycles. The molecular weight excluding hydrogens is 268 g/mol. The van der Waals surface area contributed by atoms with E-state index in [9.17, 15) is 9.59 Å². The van der Waals surface area contributed by atoms with Crippen LogP contribution in [-0.2, 0) is 4.79 Å². The van der Waals surface area contributed by atoms with E-state index in [-0.39, 0.29) is 30.0 Å². The number of carboxylic acids is 1. The first-order chi connectivity index (χ1) is 9.70. The van der Waals surface area contributed by atoms with Gasteiger partial charge in [-0.25, -0.2) is 4.79 Å². The van der Waals surface area contributed by atoms with E-state index >= 15 is 0 Å². The van der Waals surface area contributed by atoms with Crippen molar-refractivity contribution in [3.05, 3.63) is 0 Å². The van der Waals surface area contributed by atoms with E-state index in [1.807, 2.05) is 27.7 Å². The molecule has 3 N–H and O–H groups in total. The molecular formula is C16H30N2O3. The van der Waals surface area contributed by atoms with Crippen LogP contribution in [0.2, 0.25) is 0 Å². The van der Waals surface area contributed by atoms with E-state index in [1.165, 1.54) is 32.1 Å². The molecule has 1 rings (SSSR count). The minimum Gasteiger partial charge on any atom is -0.481 e. The quantitative estimate of drug-likeness (QED) is 0.729. The summed E-state index contributed by atoms with van der Waals surface area (Å²) in [6.45, 7) is 7.85. The first-order valence-corrected chi connectivity index (χ1v) is 7.99. The number of urea groups is 1. The number of hydrogen-bond acceptors (Lipinski definition) is 2. The fourth-order valence-corrected chi connectivity index (χ4v) is 2.91. The molecule has 5 nitrogen and oxygen atoms in total. The summed E-state index contributed by atoms with van der Waals surface area (Å²) in [6.07, 6.45) is 6.04. The van der Waals surface area contributed by atoms with Gasteiger partial charge < -0.3 is 15.7 Å². The predicted molar refractivity (Wildman–Crippen MR) is 83.2 cm³/mol. The molecule has 122 valence electrons. The molecule has 5 heteroatoms. The molecule has 0 aromatic rings. The molecule has 0 bridgehead atoms. The lowest BCUT2D eigenvalue weighted by molar-refractivity contribution is -0.138. The van der Waals surface area contributed by atoms with Crippen molar-refractivity contribution in [1.82, 2.24) is 10.6 Å². The van der Waals surface area contributed by atoms with Gasteiger partial charge in [0.15, 0.2) is 0 Å². The Labute approximate surface area is 127 Å². The second-order valence-corrected chi connectivity index (χ2v) is 7.32. The molecule has 2 atom stereocenters. The van der Waals surface area contributed by atoms with E-state index in [0.717, 1.165) is 0 Å². The first-order valence-electron chi connectivity index (χ1n) is 7.99. The first kappa shape index (κ1) is 17.8. The van der Waals surface area contributed by atoms with Gasteiger partial charge >= 0.3 is 12.0 Å². The Morgan fingerprint density at radius 2 is 1.71 bits per heavy atom. The zero-order valence-corrected chi connectivity index (χ0v) is 13.7. The van der Waals surface area contributed by atoms with E-state index in [0.29, 0.717) is 5.92 Å². The largest absolute Gasteiger partial charge is 0.481 e. The molecule has 0 aromatic heterocycles. The molecule has 0 aromatic carbocycles. The fourth-order valence-electron chi connectivity index (χ4n) is 2.91. The number of hydrogen-bond donors (Lipinski definition) is 3. The lowest BCUT2D eigenvalue weighted by Gasteiger charge is -2.32. The van der Waals surface area contributed by atoms with Gasteiger partial charge in [-0.1, -0.05) is 40.0 Å². The summed E-state index contributed by atoms with van der Waals surface area (Å²) in [5, 5.41) is 14.8. The molecule has 0 aliphatic heterocycles. The maximum absolute atomic E-state index is 12.1. The number of aliphatic carboxylic acids is 1. The number of carboxylic acid groups (broad SMARTS) is 1. The number of carbonyl (C=O) groups is 2. The monoisotopic (exact) mass is 298 g/mol. The summed E-state index contributed by atoms with van der Waals surface area (Å²) in [5.41, 5.74) is -0.288. The third-order valence-corrected chi connectivity index (χ3v) is 4.45. The molecule has 1 fully saturated rings. The lowest BCUT2D eigenvalue weighted by atomic mass is 9.84. The van der Waals surface area contributed by atoms with E-state index in [4.69, 9.17) is 5.11 Å². The second kappa shape index (κ2) is 7.66. The Morgan fingerprint density at radius 1 is 1.14 bits per heavy atom. The standard InChI is InChI=1S/C16H30N2O3/c1-11(12-8-6-5-7-9-12)17-15(21)18-13(10-14(19)20)16(2,3)4/h11-13H,5-10H2,1-4H3,(H,19,20)(H2,17,18,21). The fraction of sp³-hybridized carbons (Fsp3) is 0.875. The molecule has 1 aliphatic rings. The van der Waals surface area contributed by atoms with Gasteiger partial charge in [-0.15, -0.1) is 0 Å². The van der Waals surface area contributed by atoms with Gasteiger partial charge in [0.25, 0.3) is 0 Å². The van der Waals surface area contributed by atoms with Crippen LogP contribution >= 0.6 is 0 Å². The highest BCUT2D eigenvalue weighted by molar-refractivity contribution is 5.76. The van der Waals surface area contributed by atoms with Gasteiger partial charge in [-0.2, -0.15) is 0 Å². The van der Waals surface area contributed by atoms with Crippen LogP contribution in [0.25, 0.3) is 0 Å². The summed E-state index contributed by atoms with van der Waals surface area (Å²) in [4.78, 5) is 23.1. The third-order valence-electron chi connectivity index (χ3n) is 4.45. The Kier molecular flexibility index (Phi) is 6.49. The van der Waals surface area contributed by atoms with Crippen LogP contribution in [0.4, 0.5) is 4.79 Å². The van der Waals surface area contributed by atoms with Crippen LogP contribution in [0.5, 0.6) is 0 Å². The number of carbonyl (C=O) groups excluding carboxylic acids is 1. The van der Waals surface area contributed by atoms with Gasteiger partial charge in [0.2, 0.25) is 0 Å². The van der Waals surface area contributed by atoms with Crippen LogP contribution < -0.4 is 10.6 Å². The van der Waals surface area contributed by atoms with Crippen molar-refractivity contribution < 1.29 is 14.7 Å². The molecule has 0 heterocycles. The van der Waals surface area contributed by atoms with Crippen molar-refractivity contribution in [1.29, 1.82) is 0 Å². The summed E-state index contributed by atoms with van der Waals surface area (Å²) in [7, 11) is 0. The van der Waals surface area contributed by atoms with Crippen LogP contribution in [0.1, 0.15) is 66.2 Å². The Morgan fingerprint density at radius 3 is 2.19 bits per heavy atom. The Hall–Kier alpha value is -1.26. The van der Waals surface area contributed by atoms with E-state index in [2.05, 4.69) is 10.6 Å². The average molecular weight is 298 g/mol. The van der Waals surface area contributed by atoms with Gasteiger partial charge in [0.1, 0.15) is 0 Å². The molecule has 0 saturated heterocycles. The molecule has 1 aliphatic carbocycles. The van der Waals surface area contributed by atoms with Gasteiger partial charge in [0, 0.05) is 12.1 Å². The van der Waals surface area contributed by atoms with E-state index < -0.39 is 5.97 Å². The molecule has 0 radical (unpaired) electrons. The van der Waals surface area contributed by atoms with Crippen LogP contribution in [0.15, 0.2) is 0 Å². The van der Waals surface area contributed by atoms with Gasteiger partial charge in [-0.05, 0) is 31.1 Å². The summed E-state index contributed by atoms with van der Waals surface area (Å²) in [6, 6.07) is -0.501. The lowest BCUT2D eigenvalue weighted by Crippen LogP contribution is -2.52. The summed E-state index contributed by atoms with van der Waals surface area (Å²) >= 11 is 0. The summed E-state index contributed by atoms with van der Waals surface area (Å²) in [5.74, 6) is -0.354. The second-order valence-electron chi connectivity index (χ2n) is 7.32. The van der Waals surface area contributed by atoms with Crippen molar-refractivity contribution in [2.24, 2.45) is 11.3 Å². The topological polar surface area (TPSA) is 78.4 Å². The van der Waals surface area contributed by atoms with Crippen LogP contribution in [-0.4, -0.2) is 29.2 Å². The highest BCUT2D eigenvalue weighted by Gasteiger charge is 2.29. The zero-order valence-electron chi connectivity index (χ0n) is 13.7. The molecule has 2 unspecified atom stereocenters. The van der Waals surface area contributed by atoms with Crippen LogP contribution in [0.3, 0.4) is 0 Å². The van der Waals surface area contributed by atoms with Crippen molar-refractivity contribution in [2.45, 2.75) is 78.3 Å². The van der Waals surface area contributed by atoms with Crippen molar-refractivity contribution in [2.75, 3.05) is 0 Å². The van der Waals surface area contributed by atoms with Crippen molar-refractivity contribution in [3.8, 4) is 0 Å². The number of nitrogens with one attached hydrogen (secondary N) is 2. The Balaban J connectivity index is 2.50. The van der Waals surface area contributed by atoms with Crippen molar-refractivity contribution >= 4 is 12.0 Å².